The van der Waals surface area contributed by atoms with Crippen molar-refractivity contribution in [1.82, 2.24) is 4.98 Å². The maximum absolute atomic E-state index is 12.5. The van der Waals surface area contributed by atoms with Crippen LogP contribution < -0.4 is 5.73 Å². The molecule has 13 heavy (non-hydrogen) atoms. The number of hydrogen-bond donors (Lipinski definition) is 2. The lowest BCUT2D eigenvalue weighted by atomic mass is 10.1. The number of pyridine rings is 1. The van der Waals surface area contributed by atoms with Gasteiger partial charge in [-0.1, -0.05) is 0 Å². The molecule has 0 saturated heterocycles. The third kappa shape index (κ3) is 2.79. The lowest BCUT2D eigenvalue weighted by molar-refractivity contribution is -0.138. The molecule has 5 heteroatoms. The molecule has 0 saturated carbocycles. The van der Waals surface area contributed by atoms with Crippen LogP contribution in [0.4, 0.5) is 4.39 Å². The van der Waals surface area contributed by atoms with E-state index in [0.29, 0.717) is 5.56 Å². The Morgan fingerprint density at radius 1 is 1.77 bits per heavy atom. The Bertz CT molecular complexity index is 317. The summed E-state index contributed by atoms with van der Waals surface area (Å²) in [6.07, 6.45) is 1.38. The smallest absolute Gasteiger partial charge is 0.320 e. The van der Waals surface area contributed by atoms with Crippen LogP contribution in [-0.4, -0.2) is 22.1 Å². The average molecular weight is 184 g/mol. The average Bonchev–Trinajstić information content (AvgIpc) is 2.04. The highest BCUT2D eigenvalue weighted by atomic mass is 19.1. The molecule has 3 N–H and O–H groups in total. The van der Waals surface area contributed by atoms with Crippen LogP contribution in [0.1, 0.15) is 5.56 Å². The summed E-state index contributed by atoms with van der Waals surface area (Å²) < 4.78 is 12.5. The highest BCUT2D eigenvalue weighted by Crippen LogP contribution is 2.03. The summed E-state index contributed by atoms with van der Waals surface area (Å²) >= 11 is 0. The van der Waals surface area contributed by atoms with Crippen LogP contribution >= 0.6 is 0 Å². The highest BCUT2D eigenvalue weighted by Gasteiger charge is 2.12. The van der Waals surface area contributed by atoms with Gasteiger partial charge in [-0.05, 0) is 24.1 Å². The SMILES string of the molecule is NC(Cc1ccnc(F)c1)C(=O)O. The molecule has 4 nitrogen and oxygen atoms in total. The van der Waals surface area contributed by atoms with E-state index < -0.39 is 18.0 Å². The van der Waals surface area contributed by atoms with E-state index in [1.165, 1.54) is 18.3 Å². The Labute approximate surface area is 74.2 Å². The molecule has 0 aromatic carbocycles. The Morgan fingerprint density at radius 2 is 2.46 bits per heavy atom. The van der Waals surface area contributed by atoms with E-state index in [1.54, 1.807) is 0 Å². The molecule has 1 atom stereocenters. The number of halogens is 1. The summed E-state index contributed by atoms with van der Waals surface area (Å²) in [4.78, 5) is 13.7. The molecule has 0 aliphatic heterocycles. The Morgan fingerprint density at radius 3 is 3.00 bits per heavy atom. The molecule has 1 unspecified atom stereocenters. The molecule has 1 heterocycles. The van der Waals surface area contributed by atoms with Crippen molar-refractivity contribution in [2.75, 3.05) is 0 Å². The van der Waals surface area contributed by atoms with Crippen LogP contribution in [0.15, 0.2) is 18.3 Å². The van der Waals surface area contributed by atoms with Crippen LogP contribution in [-0.2, 0) is 11.2 Å². The topological polar surface area (TPSA) is 76.2 Å². The van der Waals surface area contributed by atoms with Gasteiger partial charge in [0, 0.05) is 6.20 Å². The number of carboxylic acid groups (broad SMARTS) is 1. The van der Waals surface area contributed by atoms with Gasteiger partial charge in [0.05, 0.1) is 0 Å². The van der Waals surface area contributed by atoms with E-state index in [1.807, 2.05) is 0 Å². The first-order chi connectivity index (χ1) is 6.09. The number of aliphatic carboxylic acids is 1. The van der Waals surface area contributed by atoms with Crippen molar-refractivity contribution in [1.29, 1.82) is 0 Å². The van der Waals surface area contributed by atoms with E-state index in [4.69, 9.17) is 10.8 Å². The fourth-order valence-corrected chi connectivity index (χ4v) is 0.911. The molecule has 1 rings (SSSR count). The molecule has 1 aromatic rings. The van der Waals surface area contributed by atoms with E-state index in [2.05, 4.69) is 4.98 Å². The van der Waals surface area contributed by atoms with E-state index >= 15 is 0 Å². The Balaban J connectivity index is 2.69. The van der Waals surface area contributed by atoms with Gasteiger partial charge in [0.15, 0.2) is 0 Å². The van der Waals surface area contributed by atoms with Crippen molar-refractivity contribution >= 4 is 5.97 Å². The van der Waals surface area contributed by atoms with Crippen LogP contribution in [0.2, 0.25) is 0 Å². The summed E-state index contributed by atoms with van der Waals surface area (Å²) in [6, 6.07) is 1.70. The van der Waals surface area contributed by atoms with Gasteiger partial charge in [-0.2, -0.15) is 4.39 Å². The molecule has 0 aliphatic rings. The van der Waals surface area contributed by atoms with Gasteiger partial charge in [0.25, 0.3) is 0 Å². The van der Waals surface area contributed by atoms with E-state index in [0.717, 1.165) is 0 Å². The highest BCUT2D eigenvalue weighted by molar-refractivity contribution is 5.73. The van der Waals surface area contributed by atoms with Gasteiger partial charge in [0.2, 0.25) is 5.95 Å². The van der Waals surface area contributed by atoms with Gasteiger partial charge in [-0.15, -0.1) is 0 Å². The zero-order valence-corrected chi connectivity index (χ0v) is 6.77. The zero-order chi connectivity index (χ0) is 9.84. The van der Waals surface area contributed by atoms with Crippen molar-refractivity contribution in [2.24, 2.45) is 5.73 Å². The number of aromatic nitrogens is 1. The predicted molar refractivity (Wildman–Crippen MR) is 43.5 cm³/mol. The molecule has 0 spiro atoms. The maximum Gasteiger partial charge on any atom is 0.320 e. The molecular formula is C8H9FN2O2. The van der Waals surface area contributed by atoms with Crippen molar-refractivity contribution in [3.63, 3.8) is 0 Å². The second kappa shape index (κ2) is 3.95. The van der Waals surface area contributed by atoms with Crippen LogP contribution in [0.3, 0.4) is 0 Å². The molecule has 0 radical (unpaired) electrons. The van der Waals surface area contributed by atoms with Crippen molar-refractivity contribution in [2.45, 2.75) is 12.5 Å². The number of nitrogens with zero attached hydrogens (tertiary/aromatic N) is 1. The number of rotatable bonds is 3. The summed E-state index contributed by atoms with van der Waals surface area (Å²) in [6.45, 7) is 0. The molecule has 1 aromatic heterocycles. The quantitative estimate of drug-likeness (QED) is 0.657. The van der Waals surface area contributed by atoms with Gasteiger partial charge in [0.1, 0.15) is 6.04 Å². The Hall–Kier alpha value is -1.49. The van der Waals surface area contributed by atoms with Crippen molar-refractivity contribution < 1.29 is 14.3 Å². The zero-order valence-electron chi connectivity index (χ0n) is 6.77. The van der Waals surface area contributed by atoms with Crippen LogP contribution in [0, 0.1) is 5.95 Å². The molecule has 0 bridgehead atoms. The minimum absolute atomic E-state index is 0.106. The Kier molecular flexibility index (Phi) is 2.92. The first-order valence-corrected chi connectivity index (χ1v) is 3.68. The van der Waals surface area contributed by atoms with E-state index in [9.17, 15) is 9.18 Å². The molecule has 0 fully saturated rings. The van der Waals surface area contributed by atoms with Crippen LogP contribution in [0.25, 0.3) is 0 Å². The lowest BCUT2D eigenvalue weighted by Gasteiger charge is -2.05. The number of hydrogen-bond acceptors (Lipinski definition) is 3. The summed E-state index contributed by atoms with van der Waals surface area (Å²) in [7, 11) is 0. The number of nitrogens with two attached hydrogens (primary N) is 1. The number of carboxylic acids is 1. The fourth-order valence-electron chi connectivity index (χ4n) is 0.911. The van der Waals surface area contributed by atoms with Crippen LogP contribution in [0.5, 0.6) is 0 Å². The van der Waals surface area contributed by atoms with Gasteiger partial charge in [-0.25, -0.2) is 4.98 Å². The number of carbonyl (C=O) groups is 1. The minimum atomic E-state index is -1.10. The summed E-state index contributed by atoms with van der Waals surface area (Å²) in [5.74, 6) is -1.73. The monoisotopic (exact) mass is 184 g/mol. The first kappa shape index (κ1) is 9.60. The van der Waals surface area contributed by atoms with Gasteiger partial charge < -0.3 is 10.8 Å². The largest absolute Gasteiger partial charge is 0.480 e. The molecule has 70 valence electrons. The first-order valence-electron chi connectivity index (χ1n) is 3.68. The maximum atomic E-state index is 12.5. The predicted octanol–water partition coefficient (Wildman–Crippen LogP) is 0.175. The van der Waals surface area contributed by atoms with Crippen molar-refractivity contribution in [3.8, 4) is 0 Å². The molecule has 0 amide bonds. The lowest BCUT2D eigenvalue weighted by Crippen LogP contribution is -2.32. The third-order valence-corrected chi connectivity index (χ3v) is 1.56. The van der Waals surface area contributed by atoms with E-state index in [-0.39, 0.29) is 6.42 Å². The molecule has 0 aliphatic carbocycles. The second-order valence-corrected chi connectivity index (χ2v) is 2.64. The van der Waals surface area contributed by atoms with Crippen molar-refractivity contribution in [3.05, 3.63) is 29.8 Å². The van der Waals surface area contributed by atoms with Gasteiger partial charge >= 0.3 is 5.97 Å². The van der Waals surface area contributed by atoms with Gasteiger partial charge in [-0.3, -0.25) is 4.79 Å². The second-order valence-electron chi connectivity index (χ2n) is 2.64. The summed E-state index contributed by atoms with van der Waals surface area (Å²) in [5.41, 5.74) is 5.79. The minimum Gasteiger partial charge on any atom is -0.480 e. The summed E-state index contributed by atoms with van der Waals surface area (Å²) in [5, 5.41) is 8.48. The third-order valence-electron chi connectivity index (χ3n) is 1.56. The standard InChI is InChI=1S/C8H9FN2O2/c9-7-4-5(1-2-11-7)3-6(10)8(12)13/h1-2,4,6H,3,10H2,(H,12,13). The fraction of sp³-hybridized carbons (Fsp3) is 0.250. The molecular weight excluding hydrogens is 175 g/mol. The normalized spacial score (nSPS) is 12.5.